The number of hydrogen-bond donors (Lipinski definition) is 2. The normalized spacial score (nSPS) is 26.0. The Morgan fingerprint density at radius 2 is 1.30 bits per heavy atom. The zero-order valence-corrected chi connectivity index (χ0v) is 18.7. The molecule has 1 fully saturated rings. The molecule has 3 atom stereocenters. The van der Waals surface area contributed by atoms with E-state index in [0.29, 0.717) is 0 Å². The summed E-state index contributed by atoms with van der Waals surface area (Å²) in [5.41, 5.74) is 0.124. The van der Waals surface area contributed by atoms with Gasteiger partial charge in [0.2, 0.25) is 0 Å². The molecular formula is C21H45N3O3. The van der Waals surface area contributed by atoms with Gasteiger partial charge in [0.1, 0.15) is 0 Å². The summed E-state index contributed by atoms with van der Waals surface area (Å²) in [6, 6.07) is 0. The van der Waals surface area contributed by atoms with Crippen LogP contribution in [0.4, 0.5) is 0 Å². The SMILES string of the molecule is COC(C)CCN1CCNCCNCC1(CCC(C)OC)CCC(C)OC. The van der Waals surface area contributed by atoms with Gasteiger partial charge >= 0.3 is 0 Å². The first-order valence-corrected chi connectivity index (χ1v) is 10.7. The third-order valence-corrected chi connectivity index (χ3v) is 6.21. The summed E-state index contributed by atoms with van der Waals surface area (Å²) in [7, 11) is 5.43. The molecule has 1 aliphatic heterocycles. The monoisotopic (exact) mass is 387 g/mol. The summed E-state index contributed by atoms with van der Waals surface area (Å²) < 4.78 is 16.7. The van der Waals surface area contributed by atoms with Gasteiger partial charge in [-0.25, -0.2) is 0 Å². The maximum atomic E-state index is 5.57. The summed E-state index contributed by atoms with van der Waals surface area (Å²) in [4.78, 5) is 2.71. The van der Waals surface area contributed by atoms with Gasteiger partial charge in [-0.05, 0) is 52.9 Å². The Balaban J connectivity index is 3.00. The van der Waals surface area contributed by atoms with Gasteiger partial charge in [0.15, 0.2) is 0 Å². The predicted molar refractivity (Wildman–Crippen MR) is 113 cm³/mol. The van der Waals surface area contributed by atoms with E-state index in [-0.39, 0.29) is 23.9 Å². The number of hydrogen-bond acceptors (Lipinski definition) is 6. The van der Waals surface area contributed by atoms with Crippen molar-refractivity contribution >= 4 is 0 Å². The largest absolute Gasteiger partial charge is 0.382 e. The third kappa shape index (κ3) is 9.20. The van der Waals surface area contributed by atoms with Crippen LogP contribution in [0.5, 0.6) is 0 Å². The fourth-order valence-electron chi connectivity index (χ4n) is 3.79. The van der Waals surface area contributed by atoms with E-state index in [4.69, 9.17) is 14.2 Å². The molecule has 1 heterocycles. The molecule has 0 aromatic heterocycles. The lowest BCUT2D eigenvalue weighted by atomic mass is 9.83. The molecule has 6 heteroatoms. The van der Waals surface area contributed by atoms with Gasteiger partial charge in [0, 0.05) is 66.1 Å². The first-order valence-electron chi connectivity index (χ1n) is 10.7. The molecule has 0 aromatic carbocycles. The number of rotatable bonds is 12. The highest BCUT2D eigenvalue weighted by molar-refractivity contribution is 4.95. The second-order valence-electron chi connectivity index (χ2n) is 8.14. The minimum Gasteiger partial charge on any atom is -0.382 e. The Labute approximate surface area is 167 Å². The molecule has 3 unspecified atom stereocenters. The van der Waals surface area contributed by atoms with E-state index in [1.54, 1.807) is 7.11 Å². The van der Waals surface area contributed by atoms with Crippen LogP contribution >= 0.6 is 0 Å². The highest BCUT2D eigenvalue weighted by Gasteiger charge is 2.36. The van der Waals surface area contributed by atoms with Crippen LogP contribution in [0.25, 0.3) is 0 Å². The van der Waals surface area contributed by atoms with Crippen molar-refractivity contribution in [2.75, 3.05) is 60.6 Å². The molecule has 0 aliphatic carbocycles. The lowest BCUT2D eigenvalue weighted by molar-refractivity contribution is 0.0158. The summed E-state index contributed by atoms with van der Waals surface area (Å²) >= 11 is 0. The molecule has 0 saturated carbocycles. The predicted octanol–water partition coefficient (Wildman–Crippen LogP) is 2.28. The number of methoxy groups -OCH3 is 3. The van der Waals surface area contributed by atoms with Crippen molar-refractivity contribution in [1.29, 1.82) is 0 Å². The van der Waals surface area contributed by atoms with Gasteiger partial charge in [0.05, 0.1) is 18.3 Å². The van der Waals surface area contributed by atoms with Crippen molar-refractivity contribution in [1.82, 2.24) is 15.5 Å². The van der Waals surface area contributed by atoms with Crippen molar-refractivity contribution in [3.05, 3.63) is 0 Å². The number of ether oxygens (including phenoxy) is 3. The lowest BCUT2D eigenvalue weighted by Gasteiger charge is -2.46. The molecule has 0 amide bonds. The van der Waals surface area contributed by atoms with Crippen molar-refractivity contribution in [2.24, 2.45) is 0 Å². The maximum Gasteiger partial charge on any atom is 0.0555 e. The van der Waals surface area contributed by atoms with Crippen LogP contribution in [0, 0.1) is 0 Å². The van der Waals surface area contributed by atoms with Gasteiger partial charge in [-0.2, -0.15) is 0 Å². The molecule has 27 heavy (non-hydrogen) atoms. The second-order valence-corrected chi connectivity index (χ2v) is 8.14. The van der Waals surface area contributed by atoms with Gasteiger partial charge in [-0.15, -0.1) is 0 Å². The van der Waals surface area contributed by atoms with E-state index in [1.165, 1.54) is 0 Å². The Morgan fingerprint density at radius 3 is 1.85 bits per heavy atom. The summed E-state index contributed by atoms with van der Waals surface area (Å²) in [6.45, 7) is 12.7. The van der Waals surface area contributed by atoms with Crippen LogP contribution in [0.3, 0.4) is 0 Å². The zero-order valence-electron chi connectivity index (χ0n) is 18.7. The minimum absolute atomic E-state index is 0.124. The smallest absolute Gasteiger partial charge is 0.0555 e. The fourth-order valence-corrected chi connectivity index (χ4v) is 3.79. The quantitative estimate of drug-likeness (QED) is 0.536. The van der Waals surface area contributed by atoms with E-state index >= 15 is 0 Å². The second kappa shape index (κ2) is 13.9. The molecule has 1 rings (SSSR count). The minimum atomic E-state index is 0.124. The van der Waals surface area contributed by atoms with Crippen LogP contribution in [-0.4, -0.2) is 89.3 Å². The maximum absolute atomic E-state index is 5.57. The highest BCUT2D eigenvalue weighted by Crippen LogP contribution is 2.30. The Bertz CT molecular complexity index is 357. The highest BCUT2D eigenvalue weighted by atomic mass is 16.5. The van der Waals surface area contributed by atoms with E-state index < -0.39 is 0 Å². The fraction of sp³-hybridized carbons (Fsp3) is 1.00. The van der Waals surface area contributed by atoms with E-state index in [0.717, 1.165) is 71.4 Å². The van der Waals surface area contributed by atoms with Gasteiger partial charge < -0.3 is 24.8 Å². The van der Waals surface area contributed by atoms with Crippen molar-refractivity contribution in [3.8, 4) is 0 Å². The molecular weight excluding hydrogens is 342 g/mol. The van der Waals surface area contributed by atoms with Crippen LogP contribution in [0.2, 0.25) is 0 Å². The molecule has 0 spiro atoms. The third-order valence-electron chi connectivity index (χ3n) is 6.21. The molecule has 162 valence electrons. The summed E-state index contributed by atoms with van der Waals surface area (Å²) in [6.07, 6.45) is 6.32. The average molecular weight is 388 g/mol. The van der Waals surface area contributed by atoms with Crippen molar-refractivity contribution in [3.63, 3.8) is 0 Å². The van der Waals surface area contributed by atoms with Crippen molar-refractivity contribution < 1.29 is 14.2 Å². The van der Waals surface area contributed by atoms with E-state index in [1.807, 2.05) is 14.2 Å². The zero-order chi connectivity index (χ0) is 20.1. The molecule has 0 aromatic rings. The average Bonchev–Trinajstić information content (AvgIpc) is 2.79. The lowest BCUT2D eigenvalue weighted by Crippen LogP contribution is -2.57. The van der Waals surface area contributed by atoms with Crippen LogP contribution < -0.4 is 10.6 Å². The molecule has 1 aliphatic rings. The summed E-state index contributed by atoms with van der Waals surface area (Å²) in [5, 5.41) is 7.28. The first kappa shape index (κ1) is 24.8. The Kier molecular flexibility index (Phi) is 12.7. The van der Waals surface area contributed by atoms with Crippen LogP contribution in [0.1, 0.15) is 52.9 Å². The molecule has 2 N–H and O–H groups in total. The molecule has 0 radical (unpaired) electrons. The topological polar surface area (TPSA) is 55.0 Å². The number of nitrogens with one attached hydrogen (secondary N) is 2. The Morgan fingerprint density at radius 1 is 0.778 bits per heavy atom. The van der Waals surface area contributed by atoms with Crippen LogP contribution in [0.15, 0.2) is 0 Å². The molecule has 1 saturated heterocycles. The number of nitrogens with zero attached hydrogens (tertiary/aromatic N) is 1. The van der Waals surface area contributed by atoms with Gasteiger partial charge in [-0.3, -0.25) is 4.90 Å². The van der Waals surface area contributed by atoms with Crippen molar-refractivity contribution in [2.45, 2.75) is 76.7 Å². The van der Waals surface area contributed by atoms with E-state index in [9.17, 15) is 0 Å². The summed E-state index contributed by atoms with van der Waals surface area (Å²) in [5.74, 6) is 0. The van der Waals surface area contributed by atoms with Gasteiger partial charge in [0.25, 0.3) is 0 Å². The molecule has 0 bridgehead atoms. The standard InChI is InChI=1S/C21H45N3O3/c1-18(25-4)7-10-21(11-8-19(2)26-5)17-23-13-12-22-14-16-24(21)15-9-20(3)27-6/h18-20,22-23H,7-17H2,1-6H3. The van der Waals surface area contributed by atoms with Gasteiger partial charge in [-0.1, -0.05) is 0 Å². The molecule has 6 nitrogen and oxygen atoms in total. The van der Waals surface area contributed by atoms with E-state index in [2.05, 4.69) is 36.3 Å². The van der Waals surface area contributed by atoms with Crippen LogP contribution in [-0.2, 0) is 14.2 Å². The Hall–Kier alpha value is -0.240. The first-order chi connectivity index (χ1) is 13.0.